The van der Waals surface area contributed by atoms with Gasteiger partial charge in [0.25, 0.3) is 11.8 Å². The van der Waals surface area contributed by atoms with Crippen molar-refractivity contribution in [3.05, 3.63) is 77.0 Å². The van der Waals surface area contributed by atoms with E-state index in [0.717, 1.165) is 36.1 Å². The maximum absolute atomic E-state index is 12.8. The quantitative estimate of drug-likeness (QED) is 0.568. The first-order chi connectivity index (χ1) is 16.0. The molecule has 1 aromatic heterocycles. The number of benzene rings is 2. The van der Waals surface area contributed by atoms with Crippen LogP contribution in [0.15, 0.2) is 54.7 Å². The molecule has 1 fully saturated rings. The summed E-state index contributed by atoms with van der Waals surface area (Å²) < 4.78 is 0. The van der Waals surface area contributed by atoms with E-state index in [1.54, 1.807) is 12.1 Å². The number of para-hydroxylation sites is 1. The molecular weight excluding hydrogens is 416 g/mol. The van der Waals surface area contributed by atoms with Crippen LogP contribution in [0.4, 0.5) is 0 Å². The predicted octanol–water partition coefficient (Wildman–Crippen LogP) is 2.87. The van der Waals surface area contributed by atoms with Crippen LogP contribution in [0.5, 0.6) is 0 Å². The number of piperazine rings is 1. The first-order valence-corrected chi connectivity index (χ1v) is 11.3. The fourth-order valence-corrected chi connectivity index (χ4v) is 4.66. The molecule has 0 bridgehead atoms. The molecule has 3 heterocycles. The lowest BCUT2D eigenvalue weighted by atomic mass is 10.1. The van der Waals surface area contributed by atoms with Crippen molar-refractivity contribution in [3.63, 3.8) is 0 Å². The number of imide groups is 1. The number of aromatic nitrogens is 1. The lowest BCUT2D eigenvalue weighted by molar-refractivity contribution is -0.133. The highest BCUT2D eigenvalue weighted by molar-refractivity contribution is 6.21. The number of amides is 3. The maximum Gasteiger partial charge on any atom is 0.261 e. The Hall–Kier alpha value is -3.58. The van der Waals surface area contributed by atoms with Crippen LogP contribution < -0.4 is 0 Å². The van der Waals surface area contributed by atoms with Crippen LogP contribution in [-0.4, -0.2) is 70.1 Å². The monoisotopic (exact) mass is 442 g/mol. The summed E-state index contributed by atoms with van der Waals surface area (Å²) in [6.45, 7) is 5.64. The fourth-order valence-electron chi connectivity index (χ4n) is 4.66. The van der Waals surface area contributed by atoms with Crippen LogP contribution in [0.1, 0.15) is 38.3 Å². The second-order valence-corrected chi connectivity index (χ2v) is 8.71. The third-order valence-corrected chi connectivity index (χ3v) is 6.51. The molecule has 5 rings (SSSR count). The number of pyridine rings is 1. The van der Waals surface area contributed by atoms with Crippen molar-refractivity contribution in [1.29, 1.82) is 0 Å². The van der Waals surface area contributed by atoms with Crippen molar-refractivity contribution < 1.29 is 14.4 Å². The van der Waals surface area contributed by atoms with E-state index in [-0.39, 0.29) is 30.7 Å². The Bertz CT molecular complexity index is 1240. The largest absolute Gasteiger partial charge is 0.340 e. The van der Waals surface area contributed by atoms with Crippen molar-refractivity contribution in [2.24, 2.45) is 0 Å². The van der Waals surface area contributed by atoms with E-state index in [0.29, 0.717) is 24.2 Å². The van der Waals surface area contributed by atoms with Gasteiger partial charge in [0.1, 0.15) is 0 Å². The molecule has 3 amide bonds. The summed E-state index contributed by atoms with van der Waals surface area (Å²) in [6.07, 6.45) is 1.97. The summed E-state index contributed by atoms with van der Waals surface area (Å²) in [6, 6.07) is 15.5. The van der Waals surface area contributed by atoms with Gasteiger partial charge < -0.3 is 4.90 Å². The number of hydrogen-bond donors (Lipinski definition) is 0. The minimum atomic E-state index is -0.309. The van der Waals surface area contributed by atoms with Crippen molar-refractivity contribution >= 4 is 28.6 Å². The molecule has 7 nitrogen and oxygen atoms in total. The Labute approximate surface area is 192 Å². The van der Waals surface area contributed by atoms with Gasteiger partial charge in [-0.3, -0.25) is 29.2 Å². The number of carbonyl (C=O) groups is 3. The first kappa shape index (κ1) is 21.3. The molecule has 1 saturated heterocycles. The molecule has 168 valence electrons. The SMILES string of the molecule is Cc1ccc2c(c1)C(=O)N(CCC(=O)N1CCN(Cc3cccc4cccnc34)CC1)C2=O. The summed E-state index contributed by atoms with van der Waals surface area (Å²) in [5, 5.41) is 1.13. The van der Waals surface area contributed by atoms with Crippen LogP contribution >= 0.6 is 0 Å². The smallest absolute Gasteiger partial charge is 0.261 e. The van der Waals surface area contributed by atoms with Gasteiger partial charge in [-0.25, -0.2) is 0 Å². The lowest BCUT2D eigenvalue weighted by Crippen LogP contribution is -2.49. The molecule has 3 aromatic rings. The molecule has 33 heavy (non-hydrogen) atoms. The molecule has 0 aliphatic carbocycles. The lowest BCUT2D eigenvalue weighted by Gasteiger charge is -2.35. The minimum absolute atomic E-state index is 0.0192. The topological polar surface area (TPSA) is 73.8 Å². The Kier molecular flexibility index (Phi) is 5.64. The highest BCUT2D eigenvalue weighted by Crippen LogP contribution is 2.24. The van der Waals surface area contributed by atoms with Gasteiger partial charge in [0.15, 0.2) is 0 Å². The number of nitrogens with zero attached hydrogens (tertiary/aromatic N) is 4. The summed E-state index contributed by atoms with van der Waals surface area (Å²) in [4.78, 5) is 47.9. The van der Waals surface area contributed by atoms with Gasteiger partial charge in [0.2, 0.25) is 5.91 Å². The zero-order valence-corrected chi connectivity index (χ0v) is 18.7. The average molecular weight is 443 g/mol. The molecule has 0 unspecified atom stereocenters. The Morgan fingerprint density at radius 2 is 1.70 bits per heavy atom. The van der Waals surface area contributed by atoms with Gasteiger partial charge in [0, 0.05) is 57.3 Å². The molecule has 0 N–H and O–H groups in total. The van der Waals surface area contributed by atoms with Crippen molar-refractivity contribution in [2.45, 2.75) is 19.9 Å². The van der Waals surface area contributed by atoms with Gasteiger partial charge in [-0.05, 0) is 30.7 Å². The molecule has 7 heteroatoms. The standard InChI is InChI=1S/C26H26N4O3/c1-18-7-8-21-22(16-18)26(33)30(25(21)32)11-9-23(31)29-14-12-28(13-15-29)17-20-5-2-4-19-6-3-10-27-24(19)20/h2-8,10,16H,9,11-15,17H2,1H3. The molecule has 2 aliphatic heterocycles. The summed E-state index contributed by atoms with van der Waals surface area (Å²) in [7, 11) is 0. The number of hydrogen-bond acceptors (Lipinski definition) is 5. The molecule has 2 aromatic carbocycles. The Morgan fingerprint density at radius 1 is 0.939 bits per heavy atom. The number of aryl methyl sites for hydroxylation is 1. The molecule has 0 saturated carbocycles. The van der Waals surface area contributed by atoms with Crippen LogP contribution in [-0.2, 0) is 11.3 Å². The van der Waals surface area contributed by atoms with Gasteiger partial charge in [-0.1, -0.05) is 35.9 Å². The van der Waals surface area contributed by atoms with Crippen LogP contribution in [0.25, 0.3) is 10.9 Å². The molecule has 0 atom stereocenters. The zero-order valence-electron chi connectivity index (χ0n) is 18.7. The van der Waals surface area contributed by atoms with Gasteiger partial charge in [0.05, 0.1) is 16.6 Å². The second kappa shape index (κ2) is 8.75. The normalized spacial score (nSPS) is 16.5. The third-order valence-electron chi connectivity index (χ3n) is 6.51. The summed E-state index contributed by atoms with van der Waals surface area (Å²) in [5.74, 6) is -0.634. The predicted molar refractivity (Wildman–Crippen MR) is 125 cm³/mol. The van der Waals surface area contributed by atoms with E-state index in [2.05, 4.69) is 34.1 Å². The van der Waals surface area contributed by atoms with E-state index in [1.165, 1.54) is 10.5 Å². The zero-order chi connectivity index (χ0) is 22.9. The van der Waals surface area contributed by atoms with E-state index in [4.69, 9.17) is 0 Å². The van der Waals surface area contributed by atoms with Crippen molar-refractivity contribution in [3.8, 4) is 0 Å². The molecule has 2 aliphatic rings. The van der Waals surface area contributed by atoms with Crippen molar-refractivity contribution in [2.75, 3.05) is 32.7 Å². The van der Waals surface area contributed by atoms with Gasteiger partial charge in [-0.15, -0.1) is 0 Å². The van der Waals surface area contributed by atoms with E-state index in [1.807, 2.05) is 30.2 Å². The van der Waals surface area contributed by atoms with E-state index >= 15 is 0 Å². The Balaban J connectivity index is 1.15. The first-order valence-electron chi connectivity index (χ1n) is 11.3. The minimum Gasteiger partial charge on any atom is -0.340 e. The second-order valence-electron chi connectivity index (χ2n) is 8.71. The van der Waals surface area contributed by atoms with Crippen LogP contribution in [0.3, 0.4) is 0 Å². The molecule has 0 radical (unpaired) electrons. The molecule has 0 spiro atoms. The van der Waals surface area contributed by atoms with Gasteiger partial charge >= 0.3 is 0 Å². The van der Waals surface area contributed by atoms with Crippen molar-refractivity contribution in [1.82, 2.24) is 19.7 Å². The highest BCUT2D eigenvalue weighted by Gasteiger charge is 2.35. The third kappa shape index (κ3) is 4.12. The van der Waals surface area contributed by atoms with E-state index < -0.39 is 0 Å². The number of fused-ring (bicyclic) bond motifs is 2. The van der Waals surface area contributed by atoms with Gasteiger partial charge in [-0.2, -0.15) is 0 Å². The summed E-state index contributed by atoms with van der Waals surface area (Å²) in [5.41, 5.74) is 4.01. The maximum atomic E-state index is 12.8. The number of rotatable bonds is 5. The van der Waals surface area contributed by atoms with Crippen LogP contribution in [0, 0.1) is 6.92 Å². The van der Waals surface area contributed by atoms with E-state index in [9.17, 15) is 14.4 Å². The summed E-state index contributed by atoms with van der Waals surface area (Å²) >= 11 is 0. The highest BCUT2D eigenvalue weighted by atomic mass is 16.2. The van der Waals surface area contributed by atoms with Crippen LogP contribution in [0.2, 0.25) is 0 Å². The molecular formula is C26H26N4O3. The fraction of sp³-hybridized carbons (Fsp3) is 0.308. The number of carbonyl (C=O) groups excluding carboxylic acids is 3. The average Bonchev–Trinajstić information content (AvgIpc) is 3.07. The Morgan fingerprint density at radius 3 is 2.52 bits per heavy atom.